The number of carbonyl (C=O) groups excluding carboxylic acids is 1. The lowest BCUT2D eigenvalue weighted by Gasteiger charge is -2.16. The molecule has 0 unspecified atom stereocenters. The van der Waals surface area contributed by atoms with Gasteiger partial charge in [-0.15, -0.1) is 0 Å². The zero-order chi connectivity index (χ0) is 27.5. The van der Waals surface area contributed by atoms with Crippen molar-refractivity contribution in [3.05, 3.63) is 89.0 Å². The highest BCUT2D eigenvalue weighted by atomic mass is 16.5. The topological polar surface area (TPSA) is 84.9 Å². The summed E-state index contributed by atoms with van der Waals surface area (Å²) in [5, 5.41) is 11.7. The molecule has 0 aliphatic rings. The maximum Gasteiger partial charge on any atom is 0.303 e. The van der Waals surface area contributed by atoms with Gasteiger partial charge in [-0.25, -0.2) is 0 Å². The molecule has 0 radical (unpaired) electrons. The molecule has 2 N–H and O–H groups in total. The van der Waals surface area contributed by atoms with Gasteiger partial charge in [-0.1, -0.05) is 58.0 Å². The van der Waals surface area contributed by atoms with Crippen molar-refractivity contribution < 1.29 is 24.2 Å². The second-order valence-electron chi connectivity index (χ2n) is 10.4. The number of nitrogens with one attached hydrogen (secondary N) is 1. The van der Waals surface area contributed by atoms with E-state index in [1.807, 2.05) is 12.1 Å². The van der Waals surface area contributed by atoms with Crippen molar-refractivity contribution in [1.29, 1.82) is 0 Å². The maximum atomic E-state index is 12.9. The molecule has 3 aromatic rings. The van der Waals surface area contributed by atoms with E-state index in [0.29, 0.717) is 41.9 Å². The lowest BCUT2D eigenvalue weighted by Crippen LogP contribution is -2.14. The second-order valence-corrected chi connectivity index (χ2v) is 10.4. The van der Waals surface area contributed by atoms with E-state index in [1.165, 1.54) is 11.1 Å². The number of hydrogen-bond donors (Lipinski definition) is 2. The van der Waals surface area contributed by atoms with E-state index in [2.05, 4.69) is 51.2 Å². The Labute approximate surface area is 226 Å². The molecular weight excluding hydrogens is 478 g/mol. The Bertz CT molecular complexity index is 1200. The van der Waals surface area contributed by atoms with Crippen LogP contribution in [0.3, 0.4) is 0 Å². The molecular formula is C32H39NO5. The molecule has 0 fully saturated rings. The number of benzene rings is 3. The Hall–Kier alpha value is -3.80. The summed E-state index contributed by atoms with van der Waals surface area (Å²) in [7, 11) is 0. The molecule has 38 heavy (non-hydrogen) atoms. The number of carbonyl (C=O) groups is 2. The van der Waals surface area contributed by atoms with Crippen molar-refractivity contribution in [2.24, 2.45) is 11.8 Å². The number of anilines is 1. The van der Waals surface area contributed by atoms with Crippen LogP contribution in [0.2, 0.25) is 0 Å². The van der Waals surface area contributed by atoms with E-state index in [4.69, 9.17) is 14.6 Å². The van der Waals surface area contributed by atoms with Crippen LogP contribution in [0.4, 0.5) is 5.69 Å². The fourth-order valence-corrected chi connectivity index (χ4v) is 4.22. The van der Waals surface area contributed by atoms with Gasteiger partial charge in [-0.05, 0) is 84.2 Å². The minimum atomic E-state index is -0.873. The summed E-state index contributed by atoms with van der Waals surface area (Å²) in [6.07, 6.45) is 2.53. The Morgan fingerprint density at radius 2 is 1.53 bits per heavy atom. The fourth-order valence-electron chi connectivity index (χ4n) is 4.22. The molecule has 0 atom stereocenters. The molecule has 1 amide bonds. The first kappa shape index (κ1) is 28.8. The number of hydrogen-bond acceptors (Lipinski definition) is 4. The molecule has 0 aliphatic carbocycles. The lowest BCUT2D eigenvalue weighted by molar-refractivity contribution is -0.137. The molecule has 0 aromatic heterocycles. The van der Waals surface area contributed by atoms with Crippen LogP contribution in [0.1, 0.15) is 67.6 Å². The largest absolute Gasteiger partial charge is 0.493 e. The van der Waals surface area contributed by atoms with Crippen molar-refractivity contribution >= 4 is 17.6 Å². The van der Waals surface area contributed by atoms with Gasteiger partial charge >= 0.3 is 5.97 Å². The van der Waals surface area contributed by atoms with Crippen LogP contribution in [0.5, 0.6) is 11.5 Å². The summed E-state index contributed by atoms with van der Waals surface area (Å²) in [5.74, 6) is 1.18. The van der Waals surface area contributed by atoms with Gasteiger partial charge in [0.15, 0.2) is 0 Å². The highest BCUT2D eigenvalue weighted by molar-refractivity contribution is 6.06. The van der Waals surface area contributed by atoms with Crippen LogP contribution in [-0.2, 0) is 24.2 Å². The van der Waals surface area contributed by atoms with E-state index in [0.717, 1.165) is 24.2 Å². The summed E-state index contributed by atoms with van der Waals surface area (Å²) in [5.41, 5.74) is 5.00. The first-order chi connectivity index (χ1) is 18.2. The molecule has 0 spiro atoms. The third-order valence-corrected chi connectivity index (χ3v) is 5.97. The minimum Gasteiger partial charge on any atom is -0.493 e. The van der Waals surface area contributed by atoms with Crippen LogP contribution in [0, 0.1) is 11.8 Å². The lowest BCUT2D eigenvalue weighted by atomic mass is 9.91. The molecule has 0 saturated heterocycles. The van der Waals surface area contributed by atoms with E-state index in [9.17, 15) is 9.59 Å². The Morgan fingerprint density at radius 3 is 2.21 bits per heavy atom. The van der Waals surface area contributed by atoms with Crippen molar-refractivity contribution in [2.45, 2.75) is 60.0 Å². The number of ether oxygens (including phenoxy) is 2. The Kier molecular flexibility index (Phi) is 10.8. The average Bonchev–Trinajstić information content (AvgIpc) is 2.87. The van der Waals surface area contributed by atoms with Crippen LogP contribution < -0.4 is 14.8 Å². The van der Waals surface area contributed by atoms with Crippen molar-refractivity contribution in [1.82, 2.24) is 0 Å². The molecule has 0 bridgehead atoms. The van der Waals surface area contributed by atoms with Crippen molar-refractivity contribution in [3.8, 4) is 11.5 Å². The second kappa shape index (κ2) is 14.2. The fraction of sp³-hybridized carbons (Fsp3) is 0.375. The van der Waals surface area contributed by atoms with Gasteiger partial charge in [0.25, 0.3) is 5.91 Å². The molecule has 6 heteroatoms. The molecule has 0 heterocycles. The third-order valence-electron chi connectivity index (χ3n) is 5.97. The first-order valence-electron chi connectivity index (χ1n) is 13.3. The van der Waals surface area contributed by atoms with Gasteiger partial charge in [0.2, 0.25) is 0 Å². The van der Waals surface area contributed by atoms with Gasteiger partial charge in [-0.2, -0.15) is 0 Å². The number of rotatable bonds is 14. The van der Waals surface area contributed by atoms with Gasteiger partial charge < -0.3 is 19.9 Å². The predicted molar refractivity (Wildman–Crippen MR) is 151 cm³/mol. The highest BCUT2D eigenvalue weighted by Gasteiger charge is 2.13. The van der Waals surface area contributed by atoms with Crippen LogP contribution in [0.25, 0.3) is 0 Å². The summed E-state index contributed by atoms with van der Waals surface area (Å²) < 4.78 is 11.7. The van der Waals surface area contributed by atoms with E-state index in [1.54, 1.807) is 36.4 Å². The number of carboxylic acids is 1. The number of amides is 1. The van der Waals surface area contributed by atoms with Crippen molar-refractivity contribution in [2.75, 3.05) is 11.9 Å². The van der Waals surface area contributed by atoms with Gasteiger partial charge in [0.1, 0.15) is 18.1 Å². The van der Waals surface area contributed by atoms with Crippen LogP contribution in [0.15, 0.2) is 66.7 Å². The van der Waals surface area contributed by atoms with E-state index < -0.39 is 5.97 Å². The predicted octanol–water partition coefficient (Wildman–Crippen LogP) is 7.16. The van der Waals surface area contributed by atoms with E-state index >= 15 is 0 Å². The zero-order valence-corrected chi connectivity index (χ0v) is 22.8. The molecule has 3 rings (SSSR count). The molecule has 202 valence electrons. The molecule has 6 nitrogen and oxygen atoms in total. The summed E-state index contributed by atoms with van der Waals surface area (Å²) in [4.78, 5) is 23.5. The van der Waals surface area contributed by atoms with Gasteiger partial charge in [0, 0.05) is 12.1 Å². The molecule has 3 aromatic carbocycles. The zero-order valence-electron chi connectivity index (χ0n) is 22.8. The first-order valence-corrected chi connectivity index (χ1v) is 13.3. The van der Waals surface area contributed by atoms with Crippen molar-refractivity contribution in [3.63, 3.8) is 0 Å². The number of para-hydroxylation sites is 1. The monoisotopic (exact) mass is 517 g/mol. The van der Waals surface area contributed by atoms with E-state index in [-0.39, 0.29) is 18.9 Å². The normalized spacial score (nSPS) is 11.0. The average molecular weight is 518 g/mol. The maximum absolute atomic E-state index is 12.9. The SMILES string of the molecule is CC(C)Cc1ccc(COc2ccc(NC(=O)c3ccccc3OCCCC(=O)O)cc2)cc1CC(C)C. The third kappa shape index (κ3) is 9.25. The van der Waals surface area contributed by atoms with Crippen LogP contribution >= 0.6 is 0 Å². The van der Waals surface area contributed by atoms with Crippen LogP contribution in [-0.4, -0.2) is 23.6 Å². The van der Waals surface area contributed by atoms with Gasteiger partial charge in [-0.3, -0.25) is 9.59 Å². The van der Waals surface area contributed by atoms with Gasteiger partial charge in [0.05, 0.1) is 12.2 Å². The summed E-state index contributed by atoms with van der Waals surface area (Å²) in [6.45, 7) is 9.70. The molecule has 0 saturated carbocycles. The Morgan fingerprint density at radius 1 is 0.842 bits per heavy atom. The minimum absolute atomic E-state index is 0.0192. The number of aliphatic carboxylic acids is 1. The summed E-state index contributed by atoms with van der Waals surface area (Å²) >= 11 is 0. The standard InChI is InChI=1S/C32H39NO5/c1-22(2)18-25-12-11-24(20-26(25)19-23(3)4)21-38-28-15-13-27(14-16-28)33-32(36)29-8-5-6-9-30(29)37-17-7-10-31(34)35/h5-6,8-9,11-16,20,22-23H,7,10,17-19,21H2,1-4H3,(H,33,36)(H,34,35). The summed E-state index contributed by atoms with van der Waals surface area (Å²) in [6, 6.07) is 20.9. The number of carboxylic acid groups (broad SMARTS) is 1. The Balaban J connectivity index is 1.58. The molecule has 0 aliphatic heterocycles. The highest BCUT2D eigenvalue weighted by Crippen LogP contribution is 2.23. The quantitative estimate of drug-likeness (QED) is 0.222. The smallest absolute Gasteiger partial charge is 0.303 e.